The van der Waals surface area contributed by atoms with Crippen LogP contribution in [-0.4, -0.2) is 78.3 Å². The van der Waals surface area contributed by atoms with Crippen molar-refractivity contribution in [2.45, 2.75) is 173 Å². The highest BCUT2D eigenvalue weighted by Crippen LogP contribution is 2.62. The molecule has 0 bridgehead atoms. The molecule has 2 heterocycles. The number of carbonyl (C=O) groups excluding carboxylic acids is 1. The van der Waals surface area contributed by atoms with Crippen molar-refractivity contribution in [3.63, 3.8) is 0 Å². The molecule has 2 aliphatic carbocycles. The summed E-state index contributed by atoms with van der Waals surface area (Å²) in [4.78, 5) is 22.6. The zero-order valence-corrected chi connectivity index (χ0v) is 39.0. The Morgan fingerprint density at radius 3 is 2.32 bits per heavy atom. The van der Waals surface area contributed by atoms with E-state index in [2.05, 4.69) is 51.6 Å². The second-order valence-corrected chi connectivity index (χ2v) is 18.6. The molecule has 0 spiro atoms. The Bertz CT molecular complexity index is 1820. The molecule has 10 nitrogen and oxygen atoms in total. The first kappa shape index (κ1) is 48.7. The van der Waals surface area contributed by atoms with E-state index in [4.69, 9.17) is 28.9 Å². The molecule has 348 valence electrons. The van der Waals surface area contributed by atoms with Gasteiger partial charge in [0.05, 0.1) is 24.8 Å². The van der Waals surface area contributed by atoms with Crippen molar-refractivity contribution in [3.05, 3.63) is 77.4 Å². The van der Waals surface area contributed by atoms with Crippen molar-refractivity contribution in [1.82, 2.24) is 4.90 Å². The Balaban J connectivity index is 1.43. The van der Waals surface area contributed by atoms with E-state index in [1.807, 2.05) is 30.1 Å². The number of carbonyl (C=O) groups is 1. The van der Waals surface area contributed by atoms with Gasteiger partial charge in [-0.3, -0.25) is 4.79 Å². The van der Waals surface area contributed by atoms with Crippen LogP contribution in [0.5, 0.6) is 17.2 Å². The van der Waals surface area contributed by atoms with E-state index in [0.717, 1.165) is 98.1 Å². The Labute approximate surface area is 378 Å². The molecule has 6 rings (SSSR count). The van der Waals surface area contributed by atoms with E-state index in [0.29, 0.717) is 38.0 Å². The van der Waals surface area contributed by atoms with Crippen LogP contribution in [0.2, 0.25) is 0 Å². The summed E-state index contributed by atoms with van der Waals surface area (Å²) in [6.07, 6.45) is 22.8. The van der Waals surface area contributed by atoms with Crippen LogP contribution in [0.25, 0.3) is 0 Å². The van der Waals surface area contributed by atoms with Crippen LogP contribution in [-0.2, 0) is 19.1 Å². The number of allylic oxidation sites excluding steroid dienone is 1. The summed E-state index contributed by atoms with van der Waals surface area (Å²) in [5.41, 5.74) is 5.21. The second kappa shape index (κ2) is 24.6. The van der Waals surface area contributed by atoms with E-state index in [9.17, 15) is 15.0 Å². The van der Waals surface area contributed by atoms with Crippen molar-refractivity contribution in [3.8, 4) is 17.2 Å². The molecule has 0 aromatic heterocycles. The summed E-state index contributed by atoms with van der Waals surface area (Å²) in [6.45, 7) is 11.6. The number of aryl methyl sites for hydroxylation is 2. The molecule has 1 amide bonds. The van der Waals surface area contributed by atoms with E-state index in [1.54, 1.807) is 6.08 Å². The third-order valence-corrected chi connectivity index (χ3v) is 14.1. The van der Waals surface area contributed by atoms with Crippen LogP contribution >= 0.6 is 0 Å². The Morgan fingerprint density at radius 1 is 0.905 bits per heavy atom. The van der Waals surface area contributed by atoms with Crippen molar-refractivity contribution < 1.29 is 38.8 Å². The van der Waals surface area contributed by atoms with Crippen LogP contribution in [0.15, 0.2) is 65.9 Å². The zero-order chi connectivity index (χ0) is 44.6. The molecule has 1 unspecified atom stereocenters. The summed E-state index contributed by atoms with van der Waals surface area (Å²) < 4.78 is 27.1. The Morgan fingerprint density at radius 2 is 1.62 bits per heavy atom. The molecule has 2 fully saturated rings. The quantitative estimate of drug-likeness (QED) is 0.0545. The number of rotatable bonds is 26. The second-order valence-electron chi connectivity index (χ2n) is 18.6. The smallest absolute Gasteiger partial charge is 0.239 e. The molecule has 2 aromatic carbocycles. The number of nitrogens with zero attached hydrogens (tertiary/aromatic N) is 2. The minimum atomic E-state index is -1.28. The fourth-order valence-electron chi connectivity index (χ4n) is 10.6. The van der Waals surface area contributed by atoms with Crippen LogP contribution in [0.1, 0.15) is 158 Å². The van der Waals surface area contributed by atoms with Gasteiger partial charge < -0.3 is 38.9 Å². The molecule has 4 aliphatic rings. The van der Waals surface area contributed by atoms with Crippen molar-refractivity contribution >= 4 is 11.6 Å². The van der Waals surface area contributed by atoms with Crippen molar-refractivity contribution in [2.75, 3.05) is 33.5 Å². The predicted octanol–water partition coefficient (Wildman–Crippen LogP) is 11.6. The third kappa shape index (κ3) is 12.4. The first-order chi connectivity index (χ1) is 30.7. The molecular weight excluding hydrogens is 793 g/mol. The lowest BCUT2D eigenvalue weighted by Crippen LogP contribution is -2.69. The van der Waals surface area contributed by atoms with E-state index >= 15 is 0 Å². The van der Waals surface area contributed by atoms with E-state index in [-0.39, 0.29) is 49.4 Å². The van der Waals surface area contributed by atoms with Crippen LogP contribution in [0.3, 0.4) is 0 Å². The number of fused-ring (bicyclic) bond motifs is 2. The van der Waals surface area contributed by atoms with E-state index < -0.39 is 18.1 Å². The van der Waals surface area contributed by atoms with Gasteiger partial charge in [-0.05, 0) is 118 Å². The molecule has 1 saturated carbocycles. The third-order valence-electron chi connectivity index (χ3n) is 14.1. The number of amides is 1. The lowest BCUT2D eigenvalue weighted by molar-refractivity contribution is -0.256. The van der Waals surface area contributed by atoms with Gasteiger partial charge in [-0.25, -0.2) is 0 Å². The number of aliphatic hydroxyl groups excluding tert-OH is 2. The maximum atomic E-state index is 14.5. The zero-order valence-electron chi connectivity index (χ0n) is 39.0. The number of ether oxygens (including phenoxy) is 4. The van der Waals surface area contributed by atoms with Gasteiger partial charge in [-0.2, -0.15) is 0 Å². The Hall–Kier alpha value is -3.70. The number of aliphatic hydroxyl groups is 2. The number of hydrogen-bond acceptors (Lipinski definition) is 9. The topological polar surface area (TPSA) is 119 Å². The summed E-state index contributed by atoms with van der Waals surface area (Å²) in [5, 5.41) is 24.9. The maximum Gasteiger partial charge on any atom is 0.239 e. The normalized spacial score (nSPS) is 25.7. The molecule has 63 heavy (non-hydrogen) atoms. The number of benzene rings is 2. The van der Waals surface area contributed by atoms with E-state index in [1.165, 1.54) is 44.1 Å². The van der Waals surface area contributed by atoms with Gasteiger partial charge >= 0.3 is 0 Å². The number of likely N-dealkylation sites (N-methyl/N-ethyl adjacent to an activating group) is 1. The Kier molecular flexibility index (Phi) is 19.0. The van der Waals surface area contributed by atoms with Crippen molar-refractivity contribution in [2.24, 2.45) is 22.9 Å². The monoisotopic (exact) mass is 871 g/mol. The van der Waals surface area contributed by atoms with Crippen LogP contribution in [0, 0.1) is 31.6 Å². The van der Waals surface area contributed by atoms with Crippen molar-refractivity contribution in [1.29, 1.82) is 0 Å². The molecule has 2 aliphatic heterocycles. The lowest BCUT2D eigenvalue weighted by atomic mass is 9.55. The largest absolute Gasteiger partial charge is 0.459 e. The molecule has 2 aromatic rings. The summed E-state index contributed by atoms with van der Waals surface area (Å²) in [6, 6.07) is 11.8. The lowest BCUT2D eigenvalue weighted by Gasteiger charge is -2.59. The fraction of sp³-hybridized carbons (Fsp3) is 0.660. The SMILES string of the molecule is C=CCO[C@@]12Oc3ccc(Oc4ccc(C)c(C)c4)cc3[C@H]3[C@H](CCCCO)[C@@H](CCCCO)C=C(C(=NOC4CCCCO4)C[C@@H]1N(C)C(=O)CCCCCCCCCCC)[C@H]32. The summed E-state index contributed by atoms with van der Waals surface area (Å²) in [7, 11) is 1.91. The predicted molar refractivity (Wildman–Crippen MR) is 250 cm³/mol. The molecule has 10 heteroatoms. The van der Waals surface area contributed by atoms with Crippen LogP contribution < -0.4 is 9.47 Å². The molecule has 7 atom stereocenters. The highest BCUT2D eigenvalue weighted by atomic mass is 16.8. The van der Waals surface area contributed by atoms with Gasteiger partial charge in [0.2, 0.25) is 18.0 Å². The average molecular weight is 871 g/mol. The first-order valence-corrected chi connectivity index (χ1v) is 24.6. The molecular formula is C53H78N2O8. The number of oxime groups is 1. The highest BCUT2D eigenvalue weighted by molar-refractivity contribution is 6.03. The van der Waals surface area contributed by atoms with Gasteiger partial charge in [-0.15, -0.1) is 6.58 Å². The minimum Gasteiger partial charge on any atom is -0.459 e. The van der Waals surface area contributed by atoms with Gasteiger partial charge in [0.15, 0.2) is 0 Å². The van der Waals surface area contributed by atoms with Gasteiger partial charge in [0.25, 0.3) is 0 Å². The standard InChI is InChI=1S/C53H78N2O8/c1-6-8-9-10-11-12-13-14-15-24-49(58)55(5)48-37-46(54-63-50-25-18-21-33-59-50)44-35-40(22-16-19-30-56)43(23-17-20-31-57)51-45-36-42(61-41-27-26-38(3)39(4)34-41)28-29-47(45)62-53(48,52(44)51)60-32-7-2/h7,26-29,34-36,40,43,48,50-52,56-57H,2,6,8-25,30-33,37H2,1,3-5H3/t40-,43+,48-,50?,51+,52+,53+/m0/s1. The maximum absolute atomic E-state index is 14.5. The molecule has 1 saturated heterocycles. The number of unbranched alkanes of at least 4 members (excludes halogenated alkanes) is 10. The summed E-state index contributed by atoms with van der Waals surface area (Å²) in [5.74, 6) is 0.757. The average Bonchev–Trinajstić information content (AvgIpc) is 3.29. The first-order valence-electron chi connectivity index (χ1n) is 24.6. The van der Waals surface area contributed by atoms with Gasteiger partial charge in [-0.1, -0.05) is 94.5 Å². The summed E-state index contributed by atoms with van der Waals surface area (Å²) >= 11 is 0. The van der Waals surface area contributed by atoms with Gasteiger partial charge in [0, 0.05) is 51.0 Å². The number of hydrogen-bond donors (Lipinski definition) is 2. The molecule has 2 N–H and O–H groups in total. The van der Waals surface area contributed by atoms with Gasteiger partial charge in [0.1, 0.15) is 23.3 Å². The minimum absolute atomic E-state index is 0.0631. The highest BCUT2D eigenvalue weighted by Gasteiger charge is 2.65. The fourth-order valence-corrected chi connectivity index (χ4v) is 10.6. The van der Waals surface area contributed by atoms with Crippen LogP contribution in [0.4, 0.5) is 0 Å². The molecule has 0 radical (unpaired) electrons.